The van der Waals surface area contributed by atoms with Crippen molar-refractivity contribution in [1.82, 2.24) is 20.1 Å². The van der Waals surface area contributed by atoms with Gasteiger partial charge in [0.1, 0.15) is 0 Å². The van der Waals surface area contributed by atoms with E-state index in [1.807, 2.05) is 32.0 Å². The number of hydrogen-bond donors (Lipinski definition) is 2. The number of carbonyl (C=O) groups excluding carboxylic acids is 2. The molecule has 0 radical (unpaired) electrons. The van der Waals surface area contributed by atoms with Crippen molar-refractivity contribution in [3.63, 3.8) is 0 Å². The summed E-state index contributed by atoms with van der Waals surface area (Å²) >= 11 is 1.01. The number of amides is 2. The molecule has 0 aliphatic heterocycles. The van der Waals surface area contributed by atoms with E-state index in [1.165, 1.54) is 29.0 Å². The van der Waals surface area contributed by atoms with Crippen molar-refractivity contribution < 1.29 is 27.2 Å². The lowest BCUT2D eigenvalue weighted by atomic mass is 10.1. The Morgan fingerprint density at radius 3 is 2.59 bits per heavy atom. The summed E-state index contributed by atoms with van der Waals surface area (Å²) in [5.74, 6) is -0.654. The van der Waals surface area contributed by atoms with Crippen LogP contribution in [0.4, 0.5) is 18.9 Å². The first-order chi connectivity index (χ1) is 17.6. The average molecular weight is 530 g/mol. The van der Waals surface area contributed by atoms with Gasteiger partial charge in [-0.05, 0) is 61.4 Å². The summed E-state index contributed by atoms with van der Waals surface area (Å²) in [5.41, 5.74) is 1.84. The molecule has 2 aromatic carbocycles. The van der Waals surface area contributed by atoms with Crippen LogP contribution < -0.4 is 10.6 Å². The summed E-state index contributed by atoms with van der Waals surface area (Å²) < 4.78 is 46.6. The predicted octanol–water partition coefficient (Wildman–Crippen LogP) is 5.16. The Morgan fingerprint density at radius 2 is 1.86 bits per heavy atom. The number of hydrogen-bond acceptors (Lipinski definition) is 6. The molecular weight excluding hydrogens is 507 g/mol. The zero-order valence-electron chi connectivity index (χ0n) is 19.8. The van der Waals surface area contributed by atoms with Crippen molar-refractivity contribution in [2.45, 2.75) is 31.7 Å². The van der Waals surface area contributed by atoms with Gasteiger partial charge in [-0.3, -0.25) is 14.2 Å². The molecule has 0 spiro atoms. The Morgan fingerprint density at radius 1 is 1.05 bits per heavy atom. The lowest BCUT2D eigenvalue weighted by Crippen LogP contribution is -2.24. The van der Waals surface area contributed by atoms with E-state index in [-0.39, 0.29) is 40.6 Å². The van der Waals surface area contributed by atoms with Gasteiger partial charge >= 0.3 is 6.18 Å². The molecule has 0 aliphatic carbocycles. The average Bonchev–Trinajstić information content (AvgIpc) is 3.53. The van der Waals surface area contributed by atoms with Gasteiger partial charge in [-0.2, -0.15) is 13.2 Å². The van der Waals surface area contributed by atoms with E-state index in [1.54, 1.807) is 6.07 Å². The number of furan rings is 1. The molecule has 2 N–H and O–H groups in total. The van der Waals surface area contributed by atoms with Crippen LogP contribution in [0.5, 0.6) is 0 Å². The highest BCUT2D eigenvalue weighted by Gasteiger charge is 2.31. The highest BCUT2D eigenvalue weighted by Crippen LogP contribution is 2.32. The van der Waals surface area contributed by atoms with E-state index in [9.17, 15) is 22.8 Å². The monoisotopic (exact) mass is 529 g/mol. The molecule has 0 atom stereocenters. The molecule has 2 aromatic heterocycles. The van der Waals surface area contributed by atoms with Crippen molar-refractivity contribution in [1.29, 1.82) is 0 Å². The molecule has 4 rings (SSSR count). The molecule has 0 saturated heterocycles. The standard InChI is InChI=1S/C25H22F3N5O3S/c1-15-8-9-16(2)19(11-15)30-22(34)14-37-24-32-31-21(13-29-23(35)20-7-4-10-36-20)33(24)18-6-3-5-17(12-18)25(26,27)28/h3-12H,13-14H2,1-2H3,(H,29,35)(H,30,34). The second-order valence-electron chi connectivity index (χ2n) is 8.10. The zero-order valence-corrected chi connectivity index (χ0v) is 20.6. The minimum Gasteiger partial charge on any atom is -0.459 e. The number of nitrogens with zero attached hydrogens (tertiary/aromatic N) is 3. The van der Waals surface area contributed by atoms with Crippen LogP contribution in [0.25, 0.3) is 5.69 Å². The molecule has 0 unspecified atom stereocenters. The van der Waals surface area contributed by atoms with Crippen molar-refractivity contribution in [3.8, 4) is 5.69 Å². The number of alkyl halides is 3. The van der Waals surface area contributed by atoms with Gasteiger partial charge in [-0.25, -0.2) is 0 Å². The fourth-order valence-corrected chi connectivity index (χ4v) is 4.20. The predicted molar refractivity (Wildman–Crippen MR) is 132 cm³/mol. The Labute approximate surface area is 214 Å². The van der Waals surface area contributed by atoms with Crippen LogP contribution in [0.1, 0.15) is 33.1 Å². The number of thioether (sulfide) groups is 1. The first-order valence-corrected chi connectivity index (χ1v) is 12.0. The Kier molecular flexibility index (Phi) is 7.67. The normalized spacial score (nSPS) is 11.4. The maximum Gasteiger partial charge on any atom is 0.416 e. The van der Waals surface area contributed by atoms with Crippen LogP contribution in [-0.2, 0) is 17.5 Å². The molecule has 4 aromatic rings. The fraction of sp³-hybridized carbons (Fsp3) is 0.200. The molecule has 2 heterocycles. The van der Waals surface area contributed by atoms with E-state index in [0.717, 1.165) is 35.0 Å². The highest BCUT2D eigenvalue weighted by atomic mass is 32.2. The number of halogens is 3. The number of nitrogens with one attached hydrogen (secondary N) is 2. The van der Waals surface area contributed by atoms with Crippen LogP contribution in [0.3, 0.4) is 0 Å². The maximum atomic E-state index is 13.4. The minimum atomic E-state index is -4.56. The second kappa shape index (κ2) is 10.9. The third-order valence-electron chi connectivity index (χ3n) is 5.28. The fourth-order valence-electron chi connectivity index (χ4n) is 3.43. The Bertz CT molecular complexity index is 1420. The van der Waals surface area contributed by atoms with Gasteiger partial charge in [0.2, 0.25) is 5.91 Å². The SMILES string of the molecule is Cc1ccc(C)c(NC(=O)CSc2nnc(CNC(=O)c3ccco3)n2-c2cccc(C(F)(F)F)c2)c1. The van der Waals surface area contributed by atoms with E-state index in [4.69, 9.17) is 4.42 Å². The Balaban J connectivity index is 1.57. The van der Waals surface area contributed by atoms with Gasteiger partial charge in [-0.15, -0.1) is 10.2 Å². The van der Waals surface area contributed by atoms with Crippen LogP contribution in [-0.4, -0.2) is 32.3 Å². The highest BCUT2D eigenvalue weighted by molar-refractivity contribution is 7.99. The van der Waals surface area contributed by atoms with Crippen LogP contribution in [0, 0.1) is 13.8 Å². The van der Waals surface area contributed by atoms with Crippen LogP contribution in [0.2, 0.25) is 0 Å². The summed E-state index contributed by atoms with van der Waals surface area (Å²) in [7, 11) is 0. The number of aryl methyl sites for hydroxylation is 2. The molecular formula is C25H22F3N5O3S. The van der Waals surface area contributed by atoms with Gasteiger partial charge in [0.25, 0.3) is 5.91 Å². The molecule has 0 bridgehead atoms. The molecule has 2 amide bonds. The number of carbonyl (C=O) groups is 2. The molecule has 12 heteroatoms. The lowest BCUT2D eigenvalue weighted by Gasteiger charge is -2.13. The van der Waals surface area contributed by atoms with Gasteiger partial charge in [0, 0.05) is 5.69 Å². The van der Waals surface area contributed by atoms with E-state index in [2.05, 4.69) is 20.8 Å². The summed E-state index contributed by atoms with van der Waals surface area (Å²) in [5, 5.41) is 13.8. The first kappa shape index (κ1) is 26.0. The number of benzene rings is 2. The summed E-state index contributed by atoms with van der Waals surface area (Å²) in [6.45, 7) is 3.64. The summed E-state index contributed by atoms with van der Waals surface area (Å²) in [4.78, 5) is 24.9. The van der Waals surface area contributed by atoms with Gasteiger partial charge in [0.15, 0.2) is 16.7 Å². The molecule has 8 nitrogen and oxygen atoms in total. The van der Waals surface area contributed by atoms with Crippen LogP contribution >= 0.6 is 11.8 Å². The van der Waals surface area contributed by atoms with Crippen molar-refractivity contribution in [2.24, 2.45) is 0 Å². The second-order valence-corrected chi connectivity index (χ2v) is 9.04. The van der Waals surface area contributed by atoms with Gasteiger partial charge in [0.05, 0.1) is 29.8 Å². The number of anilines is 1. The van der Waals surface area contributed by atoms with Gasteiger partial charge < -0.3 is 15.1 Å². The largest absolute Gasteiger partial charge is 0.459 e. The molecule has 0 saturated carbocycles. The summed E-state index contributed by atoms with van der Waals surface area (Å²) in [6, 6.07) is 13.4. The third kappa shape index (κ3) is 6.39. The number of rotatable bonds is 8. The molecule has 37 heavy (non-hydrogen) atoms. The maximum absolute atomic E-state index is 13.4. The first-order valence-electron chi connectivity index (χ1n) is 11.1. The quantitative estimate of drug-likeness (QED) is 0.306. The van der Waals surface area contributed by atoms with Crippen LogP contribution in [0.15, 0.2) is 70.4 Å². The summed E-state index contributed by atoms with van der Waals surface area (Å²) in [6.07, 6.45) is -3.21. The van der Waals surface area contributed by atoms with Crippen molar-refractivity contribution >= 4 is 29.3 Å². The number of aromatic nitrogens is 3. The zero-order chi connectivity index (χ0) is 26.6. The topological polar surface area (TPSA) is 102 Å². The molecule has 0 fully saturated rings. The minimum absolute atomic E-state index is 0.0662. The molecule has 0 aliphatic rings. The smallest absolute Gasteiger partial charge is 0.416 e. The van der Waals surface area contributed by atoms with E-state index >= 15 is 0 Å². The molecule has 192 valence electrons. The third-order valence-corrected chi connectivity index (χ3v) is 6.21. The van der Waals surface area contributed by atoms with E-state index in [0.29, 0.717) is 5.69 Å². The van der Waals surface area contributed by atoms with Crippen molar-refractivity contribution in [3.05, 3.63) is 89.1 Å². The van der Waals surface area contributed by atoms with Gasteiger partial charge in [-0.1, -0.05) is 30.0 Å². The lowest BCUT2D eigenvalue weighted by molar-refractivity contribution is -0.137. The van der Waals surface area contributed by atoms with E-state index < -0.39 is 17.6 Å². The Hall–Kier alpha value is -4.06. The van der Waals surface area contributed by atoms with Crippen molar-refractivity contribution in [2.75, 3.05) is 11.1 Å².